The summed E-state index contributed by atoms with van der Waals surface area (Å²) in [5.41, 5.74) is 2.27. The van der Waals surface area contributed by atoms with E-state index in [9.17, 15) is 24.0 Å². The zero-order valence-corrected chi connectivity index (χ0v) is 31.9. The molecule has 0 radical (unpaired) electrons. The molecule has 12 nitrogen and oxygen atoms in total. The van der Waals surface area contributed by atoms with Crippen LogP contribution in [0.2, 0.25) is 0 Å². The number of hydrogen-bond acceptors (Lipinski definition) is 7. The maximum atomic E-state index is 13.9. The van der Waals surface area contributed by atoms with E-state index in [1.165, 1.54) is 6.42 Å². The number of fused-ring (bicyclic) bond motifs is 1. The molecule has 54 heavy (non-hydrogen) atoms. The number of hydrogen-bond donors (Lipinski definition) is 4. The van der Waals surface area contributed by atoms with Gasteiger partial charge in [-0.3, -0.25) is 24.0 Å². The zero-order valence-electron chi connectivity index (χ0n) is 31.9. The van der Waals surface area contributed by atoms with Gasteiger partial charge >= 0.3 is 0 Å². The number of amides is 5. The predicted molar refractivity (Wildman–Crippen MR) is 208 cm³/mol. The number of para-hydroxylation sites is 1. The van der Waals surface area contributed by atoms with Crippen molar-refractivity contribution in [3.8, 4) is 5.75 Å². The van der Waals surface area contributed by atoms with Gasteiger partial charge in [-0.05, 0) is 88.3 Å². The maximum absolute atomic E-state index is 13.9. The highest BCUT2D eigenvalue weighted by atomic mass is 16.5. The zero-order chi connectivity index (χ0) is 38.7. The Labute approximate surface area is 318 Å². The van der Waals surface area contributed by atoms with Gasteiger partial charge in [-0.15, -0.1) is 0 Å². The highest BCUT2D eigenvalue weighted by Gasteiger charge is 2.31. The summed E-state index contributed by atoms with van der Waals surface area (Å²) < 4.78 is 6.28. The minimum Gasteiger partial charge on any atom is -0.491 e. The molecule has 3 atom stereocenters. The minimum absolute atomic E-state index is 0.0119. The molecule has 0 aliphatic carbocycles. The molecule has 2 aliphatic rings. The summed E-state index contributed by atoms with van der Waals surface area (Å²) >= 11 is 0. The first-order valence-electron chi connectivity index (χ1n) is 18.9. The molecule has 3 aromatic carbocycles. The maximum Gasteiger partial charge on any atom is 0.255 e. The van der Waals surface area contributed by atoms with Gasteiger partial charge in [-0.2, -0.15) is 0 Å². The molecule has 0 unspecified atom stereocenters. The quantitative estimate of drug-likeness (QED) is 0.298. The summed E-state index contributed by atoms with van der Waals surface area (Å²) in [7, 11) is 1.67. The van der Waals surface area contributed by atoms with Crippen LogP contribution >= 0.6 is 0 Å². The van der Waals surface area contributed by atoms with Crippen molar-refractivity contribution in [2.45, 2.75) is 95.9 Å². The van der Waals surface area contributed by atoms with Crippen molar-refractivity contribution in [1.82, 2.24) is 26.2 Å². The molecule has 0 aromatic heterocycles. The van der Waals surface area contributed by atoms with Gasteiger partial charge in [0.2, 0.25) is 23.6 Å². The Balaban J connectivity index is 1.39. The van der Waals surface area contributed by atoms with E-state index in [4.69, 9.17) is 4.74 Å². The minimum atomic E-state index is -1.05. The van der Waals surface area contributed by atoms with Gasteiger partial charge in [0.05, 0.1) is 11.6 Å². The Kier molecular flexibility index (Phi) is 13.7. The number of ether oxygens (including phenoxy) is 1. The standard InChI is InChI=1S/C42H54N6O6/c1-29-41(53)47(4)33(24-30-14-7-5-8-15-30)28-54-36-19-10-9-18-34(36)39(51)45-35(20-21-37(49)46-42(2,3)26-38(50)44-29)40(52)43-27-31-16-13-17-32(25-31)48-22-11-6-12-23-48/h5,7-10,13-19,25,29,33,35H,6,11-12,20-24,26-28H2,1-4H3,(H,43,52)(H,44,50)(H,45,51)(H,46,49)/t29-,33-,35-/m0/s1. The van der Waals surface area contributed by atoms with Crippen LogP contribution in [-0.4, -0.2) is 84.8 Å². The van der Waals surface area contributed by atoms with Gasteiger partial charge in [-0.1, -0.05) is 54.6 Å². The van der Waals surface area contributed by atoms with Crippen molar-refractivity contribution < 1.29 is 28.7 Å². The number of nitrogens with zero attached hydrogens (tertiary/aromatic N) is 2. The number of carbonyl (C=O) groups excluding carboxylic acids is 5. The molecular weight excluding hydrogens is 684 g/mol. The van der Waals surface area contributed by atoms with E-state index in [0.29, 0.717) is 6.42 Å². The lowest BCUT2D eigenvalue weighted by atomic mass is 9.99. The van der Waals surface area contributed by atoms with Crippen LogP contribution < -0.4 is 30.9 Å². The van der Waals surface area contributed by atoms with Gasteiger partial charge in [-0.25, -0.2) is 0 Å². The van der Waals surface area contributed by atoms with Gasteiger partial charge in [0, 0.05) is 50.7 Å². The number of carbonyl (C=O) groups is 5. The number of likely N-dealkylation sites (N-methyl/N-ethyl adjacent to an activating group) is 1. The topological polar surface area (TPSA) is 149 Å². The summed E-state index contributed by atoms with van der Waals surface area (Å²) in [5.74, 6) is -1.79. The molecule has 12 heteroatoms. The first kappa shape index (κ1) is 39.8. The molecule has 4 N–H and O–H groups in total. The highest BCUT2D eigenvalue weighted by Crippen LogP contribution is 2.23. The largest absolute Gasteiger partial charge is 0.491 e. The molecule has 0 spiro atoms. The van der Waals surface area contributed by atoms with E-state index in [1.807, 2.05) is 42.5 Å². The number of nitrogens with one attached hydrogen (secondary N) is 4. The lowest BCUT2D eigenvalue weighted by Crippen LogP contribution is -2.53. The molecule has 1 saturated heterocycles. The van der Waals surface area contributed by atoms with Gasteiger partial charge in [0.15, 0.2) is 0 Å². The van der Waals surface area contributed by atoms with E-state index >= 15 is 0 Å². The third kappa shape index (κ3) is 11.3. The summed E-state index contributed by atoms with van der Waals surface area (Å²) in [6.07, 6.45) is 3.83. The Morgan fingerprint density at radius 1 is 0.870 bits per heavy atom. The Morgan fingerprint density at radius 3 is 2.33 bits per heavy atom. The predicted octanol–water partition coefficient (Wildman–Crippen LogP) is 4.12. The van der Waals surface area contributed by atoms with Crippen LogP contribution in [0.5, 0.6) is 5.75 Å². The second-order valence-electron chi connectivity index (χ2n) is 15.0. The van der Waals surface area contributed by atoms with E-state index in [0.717, 1.165) is 42.7 Å². The molecule has 5 rings (SSSR count). The number of rotatable bonds is 6. The van der Waals surface area contributed by atoms with Crippen LogP contribution in [-0.2, 0) is 32.1 Å². The SMILES string of the molecule is C[C@@H]1NC(=O)CC(C)(C)NC(=O)CC[C@@H](C(=O)NCc2cccc(N3CCCCC3)c2)NC(=O)c2ccccc2OC[C@H](Cc2ccccc2)N(C)C1=O. The second kappa shape index (κ2) is 18.6. The molecule has 5 amide bonds. The van der Waals surface area contributed by atoms with Crippen molar-refractivity contribution in [2.75, 3.05) is 31.6 Å². The summed E-state index contributed by atoms with van der Waals surface area (Å²) in [4.78, 5) is 71.6. The average molecular weight is 739 g/mol. The monoisotopic (exact) mass is 738 g/mol. The first-order chi connectivity index (χ1) is 25.9. The molecule has 3 aromatic rings. The molecule has 0 saturated carbocycles. The summed E-state index contributed by atoms with van der Waals surface area (Å²) in [6.45, 7) is 7.36. The molecular formula is C42H54N6O6. The number of benzene rings is 3. The van der Waals surface area contributed by atoms with Crippen molar-refractivity contribution in [1.29, 1.82) is 0 Å². The van der Waals surface area contributed by atoms with Crippen LogP contribution in [0.3, 0.4) is 0 Å². The number of piperidine rings is 1. The average Bonchev–Trinajstić information content (AvgIpc) is 3.16. The highest BCUT2D eigenvalue weighted by molar-refractivity contribution is 5.99. The van der Waals surface area contributed by atoms with Crippen LogP contribution in [0.1, 0.15) is 80.8 Å². The van der Waals surface area contributed by atoms with Crippen LogP contribution in [0.25, 0.3) is 0 Å². The fourth-order valence-corrected chi connectivity index (χ4v) is 6.99. The second-order valence-corrected chi connectivity index (χ2v) is 15.0. The molecule has 288 valence electrons. The van der Waals surface area contributed by atoms with Gasteiger partial charge in [0.25, 0.3) is 5.91 Å². The van der Waals surface area contributed by atoms with Crippen LogP contribution in [0, 0.1) is 0 Å². The fraction of sp³-hybridized carbons (Fsp3) is 0.452. The van der Waals surface area contributed by atoms with Crippen molar-refractivity contribution in [2.24, 2.45) is 0 Å². The van der Waals surface area contributed by atoms with Gasteiger partial charge < -0.3 is 35.8 Å². The first-order valence-corrected chi connectivity index (χ1v) is 18.9. The van der Waals surface area contributed by atoms with Crippen molar-refractivity contribution in [3.63, 3.8) is 0 Å². The third-order valence-electron chi connectivity index (χ3n) is 9.98. The third-order valence-corrected chi connectivity index (χ3v) is 9.98. The molecule has 2 aliphatic heterocycles. The van der Waals surface area contributed by atoms with Crippen molar-refractivity contribution in [3.05, 3.63) is 95.6 Å². The summed E-state index contributed by atoms with van der Waals surface area (Å²) in [6, 6.07) is 22.1. The fourth-order valence-electron chi connectivity index (χ4n) is 6.99. The van der Waals surface area contributed by atoms with E-state index in [-0.39, 0.29) is 55.5 Å². The lowest BCUT2D eigenvalue weighted by Gasteiger charge is -2.31. The smallest absolute Gasteiger partial charge is 0.255 e. The Morgan fingerprint density at radius 2 is 1.57 bits per heavy atom. The van der Waals surface area contributed by atoms with Crippen LogP contribution in [0.15, 0.2) is 78.9 Å². The molecule has 0 bridgehead atoms. The molecule has 1 fully saturated rings. The van der Waals surface area contributed by atoms with Gasteiger partial charge in [0.1, 0.15) is 24.4 Å². The Hall–Kier alpha value is -5.39. The van der Waals surface area contributed by atoms with E-state index in [2.05, 4.69) is 38.3 Å². The van der Waals surface area contributed by atoms with E-state index in [1.54, 1.807) is 57.0 Å². The molecule has 2 heterocycles. The van der Waals surface area contributed by atoms with E-state index < -0.39 is 41.4 Å². The van der Waals surface area contributed by atoms with Crippen molar-refractivity contribution >= 4 is 35.2 Å². The normalized spacial score (nSPS) is 21.9. The Bertz CT molecular complexity index is 1780. The van der Waals surface area contributed by atoms with Crippen LogP contribution in [0.4, 0.5) is 5.69 Å². The number of anilines is 1. The summed E-state index contributed by atoms with van der Waals surface area (Å²) in [5, 5.41) is 11.5. The lowest BCUT2D eigenvalue weighted by molar-refractivity contribution is -0.137.